The van der Waals surface area contributed by atoms with Crippen LogP contribution in [0.3, 0.4) is 0 Å². The van der Waals surface area contributed by atoms with Crippen molar-refractivity contribution in [1.29, 1.82) is 0 Å². The highest BCUT2D eigenvalue weighted by molar-refractivity contribution is 6.23. The molecule has 0 saturated carbocycles. The predicted molar refractivity (Wildman–Crippen MR) is 218 cm³/mol. The highest BCUT2D eigenvalue weighted by Crippen LogP contribution is 2.45. The molecule has 51 heavy (non-hydrogen) atoms. The largest absolute Gasteiger partial charge is 0.455 e. The normalized spacial score (nSPS) is 11.9. The second-order valence-corrected chi connectivity index (χ2v) is 13.6. The maximum absolute atomic E-state index is 6.51. The van der Waals surface area contributed by atoms with Crippen molar-refractivity contribution >= 4 is 75.8 Å². The summed E-state index contributed by atoms with van der Waals surface area (Å²) >= 11 is 0. The first kappa shape index (κ1) is 28.2. The third-order valence-electron chi connectivity index (χ3n) is 10.8. The van der Waals surface area contributed by atoms with Crippen LogP contribution in [0.5, 0.6) is 0 Å². The second kappa shape index (κ2) is 10.9. The molecular formula is C50H30O. The number of benzene rings is 10. The molecule has 0 fully saturated rings. The first-order valence-corrected chi connectivity index (χ1v) is 17.6. The minimum Gasteiger partial charge on any atom is -0.455 e. The van der Waals surface area contributed by atoms with E-state index < -0.39 is 0 Å². The van der Waals surface area contributed by atoms with Crippen LogP contribution in [-0.2, 0) is 0 Å². The van der Waals surface area contributed by atoms with Gasteiger partial charge in [-0.2, -0.15) is 0 Å². The summed E-state index contributed by atoms with van der Waals surface area (Å²) in [6.07, 6.45) is 0. The Morgan fingerprint density at radius 3 is 1.55 bits per heavy atom. The Bertz CT molecular complexity index is 3120. The topological polar surface area (TPSA) is 13.1 Å². The number of furan rings is 1. The zero-order valence-corrected chi connectivity index (χ0v) is 27.7. The predicted octanol–water partition coefficient (Wildman–Crippen LogP) is 14.4. The molecule has 0 aliphatic heterocycles. The smallest absolute Gasteiger partial charge is 0.143 e. The lowest BCUT2D eigenvalue weighted by Crippen LogP contribution is -1.91. The number of fused-ring (bicyclic) bond motifs is 9. The summed E-state index contributed by atoms with van der Waals surface area (Å²) in [5.74, 6) is 0. The Hall–Kier alpha value is -6.70. The Morgan fingerprint density at radius 2 is 0.824 bits per heavy atom. The van der Waals surface area contributed by atoms with Crippen molar-refractivity contribution in [2.75, 3.05) is 0 Å². The fraction of sp³-hybridized carbons (Fsp3) is 0. The zero-order valence-electron chi connectivity index (χ0n) is 27.7. The van der Waals surface area contributed by atoms with Crippen molar-refractivity contribution in [1.82, 2.24) is 0 Å². The molecule has 0 unspecified atom stereocenters. The molecule has 11 rings (SSSR count). The Kier molecular flexibility index (Phi) is 6.02. The third-order valence-corrected chi connectivity index (χ3v) is 10.8. The van der Waals surface area contributed by atoms with Crippen LogP contribution in [0, 0.1) is 0 Å². The van der Waals surface area contributed by atoms with Gasteiger partial charge in [0.15, 0.2) is 0 Å². The highest BCUT2D eigenvalue weighted by atomic mass is 16.3. The number of hydrogen-bond acceptors (Lipinski definition) is 1. The van der Waals surface area contributed by atoms with E-state index in [0.29, 0.717) is 0 Å². The summed E-state index contributed by atoms with van der Waals surface area (Å²) in [4.78, 5) is 0. The first-order valence-electron chi connectivity index (χ1n) is 17.6. The van der Waals surface area contributed by atoms with Gasteiger partial charge in [0, 0.05) is 16.2 Å². The van der Waals surface area contributed by atoms with Gasteiger partial charge >= 0.3 is 0 Å². The van der Waals surface area contributed by atoms with Crippen molar-refractivity contribution in [3.63, 3.8) is 0 Å². The molecule has 0 N–H and O–H groups in total. The standard InChI is InChI=1S/C50H30O/c1-3-13-38-32(10-1)12-9-19-40(38)49-43-17-7-5-15-41(43)48(42-16-6-8-18-44(42)49)34-22-20-31(21-23-34)35-24-25-36-29-46-45-27-26-33-11-2-4-14-39(33)50(45)51-47(46)30-37(36)28-35/h1-30H. The second-order valence-electron chi connectivity index (χ2n) is 13.6. The maximum atomic E-state index is 6.51. The van der Waals surface area contributed by atoms with Crippen LogP contribution >= 0.6 is 0 Å². The van der Waals surface area contributed by atoms with Gasteiger partial charge in [-0.3, -0.25) is 0 Å². The molecule has 10 aromatic carbocycles. The molecule has 11 aromatic rings. The Balaban J connectivity index is 1.05. The van der Waals surface area contributed by atoms with Crippen molar-refractivity contribution in [2.45, 2.75) is 0 Å². The molecule has 0 saturated heterocycles. The summed E-state index contributed by atoms with van der Waals surface area (Å²) in [6, 6.07) is 66.4. The molecule has 1 aromatic heterocycles. The van der Waals surface area contributed by atoms with Crippen LogP contribution in [0.25, 0.3) is 109 Å². The van der Waals surface area contributed by atoms with Crippen LogP contribution < -0.4 is 0 Å². The monoisotopic (exact) mass is 646 g/mol. The summed E-state index contributed by atoms with van der Waals surface area (Å²) in [5, 5.41) is 14.7. The lowest BCUT2D eigenvalue weighted by Gasteiger charge is -2.19. The fourth-order valence-electron chi connectivity index (χ4n) is 8.43. The molecule has 0 spiro atoms. The van der Waals surface area contributed by atoms with E-state index in [-0.39, 0.29) is 0 Å². The summed E-state index contributed by atoms with van der Waals surface area (Å²) in [6.45, 7) is 0. The molecule has 236 valence electrons. The molecule has 1 heterocycles. The van der Waals surface area contributed by atoms with Gasteiger partial charge in [-0.1, -0.05) is 158 Å². The highest BCUT2D eigenvalue weighted by Gasteiger charge is 2.18. The van der Waals surface area contributed by atoms with E-state index in [4.69, 9.17) is 4.42 Å². The SMILES string of the molecule is c1ccc2c(-c3c4ccccc4c(-c4ccc(-c5ccc6cc7c(cc6c5)oc5c6ccccc6ccc75)cc4)c4ccccc34)cccc2c1. The quantitative estimate of drug-likeness (QED) is 0.174. The lowest BCUT2D eigenvalue weighted by molar-refractivity contribution is 0.673. The number of hydrogen-bond donors (Lipinski definition) is 0. The van der Waals surface area contributed by atoms with Crippen LogP contribution in [-0.4, -0.2) is 0 Å². The van der Waals surface area contributed by atoms with E-state index in [1.54, 1.807) is 0 Å². The van der Waals surface area contributed by atoms with E-state index in [0.717, 1.165) is 27.3 Å². The van der Waals surface area contributed by atoms with Gasteiger partial charge in [0.25, 0.3) is 0 Å². The zero-order chi connectivity index (χ0) is 33.5. The van der Waals surface area contributed by atoms with E-state index in [9.17, 15) is 0 Å². The molecule has 0 atom stereocenters. The summed E-state index contributed by atoms with van der Waals surface area (Å²) in [5.41, 5.74) is 9.32. The van der Waals surface area contributed by atoms with Crippen molar-refractivity contribution in [3.05, 3.63) is 182 Å². The van der Waals surface area contributed by atoms with Crippen LogP contribution in [0.1, 0.15) is 0 Å². The van der Waals surface area contributed by atoms with Crippen molar-refractivity contribution in [3.8, 4) is 33.4 Å². The minimum atomic E-state index is 0.923. The lowest BCUT2D eigenvalue weighted by atomic mass is 9.84. The Morgan fingerprint density at radius 1 is 0.275 bits per heavy atom. The van der Waals surface area contributed by atoms with Gasteiger partial charge < -0.3 is 4.42 Å². The van der Waals surface area contributed by atoms with Crippen LogP contribution in [0.4, 0.5) is 0 Å². The minimum absolute atomic E-state index is 0.923. The van der Waals surface area contributed by atoms with Crippen molar-refractivity contribution in [2.24, 2.45) is 0 Å². The van der Waals surface area contributed by atoms with Crippen LogP contribution in [0.2, 0.25) is 0 Å². The third kappa shape index (κ3) is 4.28. The van der Waals surface area contributed by atoms with Crippen molar-refractivity contribution < 1.29 is 4.42 Å². The molecule has 1 nitrogen and oxygen atoms in total. The molecule has 0 aliphatic rings. The van der Waals surface area contributed by atoms with Gasteiger partial charge in [0.1, 0.15) is 11.2 Å². The summed E-state index contributed by atoms with van der Waals surface area (Å²) < 4.78 is 6.51. The maximum Gasteiger partial charge on any atom is 0.143 e. The molecule has 0 radical (unpaired) electrons. The van der Waals surface area contributed by atoms with E-state index in [2.05, 4.69) is 182 Å². The number of rotatable bonds is 3. The molecular weight excluding hydrogens is 617 g/mol. The molecule has 1 heteroatoms. The first-order chi connectivity index (χ1) is 25.3. The van der Waals surface area contributed by atoms with E-state index >= 15 is 0 Å². The Labute approximate surface area is 294 Å². The average Bonchev–Trinajstić information content (AvgIpc) is 3.56. The van der Waals surface area contributed by atoms with Crippen LogP contribution in [0.15, 0.2) is 186 Å². The van der Waals surface area contributed by atoms with Gasteiger partial charge in [-0.15, -0.1) is 0 Å². The van der Waals surface area contributed by atoms with Gasteiger partial charge in [0.2, 0.25) is 0 Å². The van der Waals surface area contributed by atoms with Gasteiger partial charge in [-0.05, 0) is 106 Å². The van der Waals surface area contributed by atoms with Gasteiger partial charge in [-0.25, -0.2) is 0 Å². The van der Waals surface area contributed by atoms with E-state index in [1.807, 2.05) is 0 Å². The summed E-state index contributed by atoms with van der Waals surface area (Å²) in [7, 11) is 0. The van der Waals surface area contributed by atoms with Gasteiger partial charge in [0.05, 0.1) is 0 Å². The fourth-order valence-corrected chi connectivity index (χ4v) is 8.43. The molecule has 0 amide bonds. The molecule has 0 bridgehead atoms. The average molecular weight is 647 g/mol. The molecule has 0 aliphatic carbocycles. The van der Waals surface area contributed by atoms with E-state index in [1.165, 1.54) is 81.9 Å².